The van der Waals surface area contributed by atoms with Crippen LogP contribution in [0.3, 0.4) is 0 Å². The molecule has 1 heterocycles. The van der Waals surface area contributed by atoms with Gasteiger partial charge in [0.2, 0.25) is 5.91 Å². The third kappa shape index (κ3) is 1.95. The Bertz CT molecular complexity index is 215. The number of carbonyl (C=O) groups excluding carboxylic acids is 1. The van der Waals surface area contributed by atoms with Gasteiger partial charge in [0.05, 0.1) is 0 Å². The van der Waals surface area contributed by atoms with E-state index < -0.39 is 12.8 Å². The summed E-state index contributed by atoms with van der Waals surface area (Å²) in [6.45, 7) is 0.135. The minimum absolute atomic E-state index is 0.136. The Morgan fingerprint density at radius 2 is 2.55 bits per heavy atom. The van der Waals surface area contributed by atoms with Crippen LogP contribution in [0.15, 0.2) is 0 Å². The maximum Gasteiger partial charge on any atom is 0.219 e. The standard InChI is InChI=1S/C9H17NO/c1-3-9-6-4-5-7-10(9)8(2)11/h9H,3-7H2,1-2H3/i2D3. The van der Waals surface area contributed by atoms with Crippen molar-refractivity contribution in [1.82, 2.24) is 4.90 Å². The van der Waals surface area contributed by atoms with Crippen LogP contribution in [0.25, 0.3) is 0 Å². The average Bonchev–Trinajstić information content (AvgIpc) is 2.15. The highest BCUT2D eigenvalue weighted by molar-refractivity contribution is 5.73. The molecule has 0 aromatic rings. The second-order valence-corrected chi connectivity index (χ2v) is 3.06. The van der Waals surface area contributed by atoms with E-state index in [1.807, 2.05) is 6.92 Å². The Morgan fingerprint density at radius 3 is 3.18 bits per heavy atom. The highest BCUT2D eigenvalue weighted by Gasteiger charge is 2.21. The first-order valence-corrected chi connectivity index (χ1v) is 4.28. The van der Waals surface area contributed by atoms with Gasteiger partial charge in [0.25, 0.3) is 0 Å². The largest absolute Gasteiger partial charge is 0.340 e. The zero-order valence-corrected chi connectivity index (χ0v) is 6.97. The van der Waals surface area contributed by atoms with Crippen LogP contribution in [0.5, 0.6) is 0 Å². The van der Waals surface area contributed by atoms with Crippen molar-refractivity contribution in [3.8, 4) is 0 Å². The fraction of sp³-hybridized carbons (Fsp3) is 0.889. The van der Waals surface area contributed by atoms with Crippen molar-refractivity contribution in [3.63, 3.8) is 0 Å². The molecule has 0 bridgehead atoms. The first kappa shape index (κ1) is 5.18. The zero-order valence-electron chi connectivity index (χ0n) is 9.97. The number of nitrogens with zero attached hydrogens (tertiary/aromatic N) is 1. The van der Waals surface area contributed by atoms with Crippen molar-refractivity contribution in [2.75, 3.05) is 6.54 Å². The molecule has 0 saturated carbocycles. The lowest BCUT2D eigenvalue weighted by atomic mass is 10.0. The second kappa shape index (κ2) is 3.74. The molecule has 1 aliphatic rings. The van der Waals surface area contributed by atoms with E-state index in [-0.39, 0.29) is 6.04 Å². The average molecular weight is 158 g/mol. The molecule has 0 spiro atoms. The third-order valence-electron chi connectivity index (χ3n) is 2.36. The molecule has 1 unspecified atom stereocenters. The van der Waals surface area contributed by atoms with Crippen LogP contribution in [-0.4, -0.2) is 23.4 Å². The third-order valence-corrected chi connectivity index (χ3v) is 2.36. The van der Waals surface area contributed by atoms with Gasteiger partial charge in [-0.15, -0.1) is 0 Å². The number of hydrogen-bond donors (Lipinski definition) is 0. The SMILES string of the molecule is [2H]C([2H])([2H])C(=O)N1CCCCC1CC. The monoisotopic (exact) mass is 158 g/mol. The van der Waals surface area contributed by atoms with Crippen LogP contribution in [-0.2, 0) is 4.79 Å². The van der Waals surface area contributed by atoms with Crippen molar-refractivity contribution < 1.29 is 8.91 Å². The molecular formula is C9H17NO. The summed E-state index contributed by atoms with van der Waals surface area (Å²) in [5.41, 5.74) is 0. The van der Waals surface area contributed by atoms with E-state index in [2.05, 4.69) is 0 Å². The second-order valence-electron chi connectivity index (χ2n) is 3.06. The van der Waals surface area contributed by atoms with Gasteiger partial charge < -0.3 is 4.90 Å². The molecule has 1 aliphatic heterocycles. The van der Waals surface area contributed by atoms with Gasteiger partial charge in [0.1, 0.15) is 0 Å². The number of piperidine rings is 1. The molecule has 2 nitrogen and oxygen atoms in total. The Kier molecular flexibility index (Phi) is 1.76. The predicted octanol–water partition coefficient (Wildman–Crippen LogP) is 1.80. The first-order chi connectivity index (χ1) is 6.46. The van der Waals surface area contributed by atoms with Crippen molar-refractivity contribution in [2.24, 2.45) is 0 Å². The molecule has 0 aromatic heterocycles. The molecule has 0 radical (unpaired) electrons. The highest BCUT2D eigenvalue weighted by atomic mass is 16.2. The molecule has 1 atom stereocenters. The number of carbonyl (C=O) groups is 1. The Balaban J connectivity index is 2.69. The van der Waals surface area contributed by atoms with Crippen LogP contribution in [0.1, 0.15) is 43.6 Å². The van der Waals surface area contributed by atoms with Crippen molar-refractivity contribution in [1.29, 1.82) is 0 Å². The molecule has 11 heavy (non-hydrogen) atoms. The molecule has 0 aromatic carbocycles. The predicted molar refractivity (Wildman–Crippen MR) is 45.3 cm³/mol. The molecular weight excluding hydrogens is 138 g/mol. The van der Waals surface area contributed by atoms with Gasteiger partial charge in [-0.05, 0) is 25.7 Å². The molecule has 64 valence electrons. The summed E-state index contributed by atoms with van der Waals surface area (Å²) in [5, 5.41) is 0. The van der Waals surface area contributed by atoms with Gasteiger partial charge in [-0.25, -0.2) is 0 Å². The smallest absolute Gasteiger partial charge is 0.219 e. The Labute approximate surface area is 72.8 Å². The van der Waals surface area contributed by atoms with Gasteiger partial charge in [0, 0.05) is 23.6 Å². The van der Waals surface area contributed by atoms with E-state index in [0.29, 0.717) is 6.54 Å². The molecule has 1 saturated heterocycles. The fourth-order valence-corrected chi connectivity index (χ4v) is 1.69. The van der Waals surface area contributed by atoms with Crippen molar-refractivity contribution in [3.05, 3.63) is 0 Å². The van der Waals surface area contributed by atoms with Crippen LogP contribution in [0, 0.1) is 0 Å². The van der Waals surface area contributed by atoms with Gasteiger partial charge in [-0.2, -0.15) is 0 Å². The Hall–Kier alpha value is -0.530. The molecule has 0 N–H and O–H groups in total. The molecule has 0 aliphatic carbocycles. The van der Waals surface area contributed by atoms with E-state index in [4.69, 9.17) is 4.11 Å². The van der Waals surface area contributed by atoms with Gasteiger partial charge in [0.15, 0.2) is 0 Å². The van der Waals surface area contributed by atoms with E-state index in [9.17, 15) is 4.79 Å². The summed E-state index contributed by atoms with van der Waals surface area (Å²) >= 11 is 0. The molecule has 2 heteroatoms. The lowest BCUT2D eigenvalue weighted by Gasteiger charge is -2.34. The summed E-state index contributed by atoms with van der Waals surface area (Å²) in [7, 11) is 0. The summed E-state index contributed by atoms with van der Waals surface area (Å²) in [5.74, 6) is -0.677. The summed E-state index contributed by atoms with van der Waals surface area (Å²) < 4.78 is 21.2. The number of likely N-dealkylation sites (tertiary alicyclic amines) is 1. The minimum atomic E-state index is -2.47. The highest BCUT2D eigenvalue weighted by Crippen LogP contribution is 2.18. The van der Waals surface area contributed by atoms with E-state index in [1.165, 1.54) is 4.90 Å². The summed E-state index contributed by atoms with van der Waals surface area (Å²) in [6.07, 6.45) is 3.82. The maximum absolute atomic E-state index is 11.6. The van der Waals surface area contributed by atoms with Crippen LogP contribution in [0.4, 0.5) is 0 Å². The lowest BCUT2D eigenvalue weighted by Crippen LogP contribution is -2.42. The van der Waals surface area contributed by atoms with E-state index in [1.54, 1.807) is 0 Å². The maximum atomic E-state index is 11.6. The number of amides is 1. The lowest BCUT2D eigenvalue weighted by molar-refractivity contribution is -0.132. The van der Waals surface area contributed by atoms with Crippen LogP contribution >= 0.6 is 0 Å². The van der Waals surface area contributed by atoms with Crippen molar-refractivity contribution >= 4 is 5.91 Å². The molecule has 1 fully saturated rings. The topological polar surface area (TPSA) is 20.3 Å². The fourth-order valence-electron chi connectivity index (χ4n) is 1.69. The first-order valence-electron chi connectivity index (χ1n) is 5.78. The Morgan fingerprint density at radius 1 is 1.73 bits per heavy atom. The molecule has 1 rings (SSSR count). The minimum Gasteiger partial charge on any atom is -0.340 e. The zero-order chi connectivity index (χ0) is 10.8. The number of rotatable bonds is 1. The molecule has 1 amide bonds. The van der Waals surface area contributed by atoms with Crippen LogP contribution in [0.2, 0.25) is 0 Å². The van der Waals surface area contributed by atoms with Gasteiger partial charge in [-0.3, -0.25) is 4.79 Å². The van der Waals surface area contributed by atoms with Crippen molar-refractivity contribution in [2.45, 2.75) is 45.5 Å². The summed E-state index contributed by atoms with van der Waals surface area (Å²) in [4.78, 5) is 13.1. The van der Waals surface area contributed by atoms with E-state index in [0.717, 1.165) is 25.7 Å². The van der Waals surface area contributed by atoms with Gasteiger partial charge >= 0.3 is 0 Å². The van der Waals surface area contributed by atoms with Crippen LogP contribution < -0.4 is 0 Å². The number of hydrogen-bond acceptors (Lipinski definition) is 1. The quantitative estimate of drug-likeness (QED) is 0.570. The van der Waals surface area contributed by atoms with E-state index >= 15 is 0 Å². The summed E-state index contributed by atoms with van der Waals surface area (Å²) in [6, 6.07) is 0.136. The normalized spacial score (nSPS) is 30.5. The van der Waals surface area contributed by atoms with Gasteiger partial charge in [-0.1, -0.05) is 6.92 Å².